The lowest BCUT2D eigenvalue weighted by molar-refractivity contribution is 0.565. The van der Waals surface area contributed by atoms with E-state index in [0.29, 0.717) is 5.69 Å². The van der Waals surface area contributed by atoms with Crippen molar-refractivity contribution in [2.24, 2.45) is 4.99 Å². The molecule has 0 unspecified atom stereocenters. The molecule has 0 aromatic heterocycles. The maximum Gasteiger partial charge on any atom is 0.240 e. The van der Waals surface area contributed by atoms with Gasteiger partial charge in [0.15, 0.2) is 0 Å². The van der Waals surface area contributed by atoms with E-state index in [2.05, 4.69) is 23.2 Å². The normalized spacial score (nSPS) is 10.4. The second-order valence-corrected chi connectivity index (χ2v) is 6.55. The summed E-state index contributed by atoms with van der Waals surface area (Å²) in [4.78, 5) is 18.0. The van der Waals surface area contributed by atoms with Crippen LogP contribution in [-0.4, -0.2) is 12.3 Å². The molecular weight excluding hydrogens is 310 g/mol. The zero-order valence-electron chi connectivity index (χ0n) is 11.9. The highest BCUT2D eigenvalue weighted by atomic mass is 32.2. The smallest absolute Gasteiger partial charge is 0.211 e. The maximum absolute atomic E-state index is 10.7. The van der Waals surface area contributed by atoms with Gasteiger partial charge < -0.3 is 0 Å². The summed E-state index contributed by atoms with van der Waals surface area (Å²) in [6.45, 7) is 0. The molecule has 0 aliphatic heterocycles. The number of thioether (sulfide) groups is 1. The van der Waals surface area contributed by atoms with Gasteiger partial charge in [-0.25, -0.2) is 4.79 Å². The van der Waals surface area contributed by atoms with Gasteiger partial charge in [0.2, 0.25) is 6.08 Å². The molecule has 0 aliphatic rings. The third-order valence-electron chi connectivity index (χ3n) is 3.30. The Balaban J connectivity index is 2.20. The SMILES string of the molecule is CSc1cccc2c(Sc3ccccc3)ccc(N=C=O)c12. The lowest BCUT2D eigenvalue weighted by atomic mass is 10.1. The van der Waals surface area contributed by atoms with E-state index >= 15 is 0 Å². The van der Waals surface area contributed by atoms with Gasteiger partial charge in [0.05, 0.1) is 5.69 Å². The Bertz CT molecular complexity index is 856. The quantitative estimate of drug-likeness (QED) is 0.351. The fourth-order valence-corrected chi connectivity index (χ4v) is 3.94. The Hall–Kier alpha value is -2.00. The van der Waals surface area contributed by atoms with Crippen molar-refractivity contribution in [3.05, 3.63) is 60.7 Å². The van der Waals surface area contributed by atoms with Crippen LogP contribution in [0.15, 0.2) is 80.3 Å². The van der Waals surface area contributed by atoms with Crippen LogP contribution in [0.5, 0.6) is 0 Å². The average molecular weight is 323 g/mol. The van der Waals surface area contributed by atoms with E-state index in [1.165, 1.54) is 4.90 Å². The number of benzene rings is 3. The van der Waals surface area contributed by atoms with E-state index in [0.717, 1.165) is 20.6 Å². The molecule has 0 heterocycles. The maximum atomic E-state index is 10.7. The van der Waals surface area contributed by atoms with E-state index in [-0.39, 0.29) is 0 Å². The fourth-order valence-electron chi connectivity index (χ4n) is 2.35. The van der Waals surface area contributed by atoms with E-state index < -0.39 is 0 Å². The van der Waals surface area contributed by atoms with Gasteiger partial charge in [0.25, 0.3) is 0 Å². The summed E-state index contributed by atoms with van der Waals surface area (Å²) in [5.41, 5.74) is 0.673. The van der Waals surface area contributed by atoms with Crippen molar-refractivity contribution in [1.29, 1.82) is 0 Å². The molecule has 0 N–H and O–H groups in total. The highest BCUT2D eigenvalue weighted by Crippen LogP contribution is 2.41. The Kier molecular flexibility index (Phi) is 4.64. The summed E-state index contributed by atoms with van der Waals surface area (Å²) < 4.78 is 0. The molecule has 0 atom stereocenters. The van der Waals surface area contributed by atoms with Crippen LogP contribution < -0.4 is 0 Å². The minimum absolute atomic E-state index is 0.673. The number of isocyanates is 1. The summed E-state index contributed by atoms with van der Waals surface area (Å²) in [5, 5.41) is 2.12. The van der Waals surface area contributed by atoms with Crippen LogP contribution in [0.3, 0.4) is 0 Å². The minimum Gasteiger partial charge on any atom is -0.211 e. The summed E-state index contributed by atoms with van der Waals surface area (Å²) in [7, 11) is 0. The predicted molar refractivity (Wildman–Crippen MR) is 94.1 cm³/mol. The zero-order valence-corrected chi connectivity index (χ0v) is 13.6. The van der Waals surface area contributed by atoms with Crippen LogP contribution in [0.1, 0.15) is 0 Å². The molecule has 0 spiro atoms. The molecule has 2 nitrogen and oxygen atoms in total. The van der Waals surface area contributed by atoms with Crippen LogP contribution in [0.2, 0.25) is 0 Å². The molecule has 108 valence electrons. The van der Waals surface area contributed by atoms with E-state index in [9.17, 15) is 4.79 Å². The molecule has 0 amide bonds. The molecule has 0 aliphatic carbocycles. The van der Waals surface area contributed by atoms with Gasteiger partial charge in [-0.2, -0.15) is 4.99 Å². The molecule has 4 heteroatoms. The number of aliphatic imine (C=N–C) groups is 1. The van der Waals surface area contributed by atoms with Crippen molar-refractivity contribution in [2.45, 2.75) is 14.7 Å². The Morgan fingerprint density at radius 1 is 0.909 bits per heavy atom. The molecule has 3 aromatic carbocycles. The summed E-state index contributed by atoms with van der Waals surface area (Å²) in [6, 6.07) is 20.3. The van der Waals surface area contributed by atoms with Crippen molar-refractivity contribution in [3.63, 3.8) is 0 Å². The number of rotatable bonds is 4. The molecular formula is C18H13NOS2. The third kappa shape index (κ3) is 2.95. The first-order valence-corrected chi connectivity index (χ1v) is 8.78. The van der Waals surface area contributed by atoms with Gasteiger partial charge in [-0.15, -0.1) is 11.8 Å². The minimum atomic E-state index is 0.673. The number of nitrogens with zero attached hydrogens (tertiary/aromatic N) is 1. The van der Waals surface area contributed by atoms with Crippen molar-refractivity contribution in [1.82, 2.24) is 0 Å². The zero-order chi connectivity index (χ0) is 15.4. The molecule has 0 saturated heterocycles. The fraction of sp³-hybridized carbons (Fsp3) is 0.0556. The van der Waals surface area contributed by atoms with Crippen LogP contribution in [0.25, 0.3) is 10.8 Å². The molecule has 3 rings (SSSR count). The molecule has 0 bridgehead atoms. The summed E-state index contributed by atoms with van der Waals surface area (Å²) in [5.74, 6) is 0. The Labute approximate surface area is 137 Å². The first-order valence-electron chi connectivity index (χ1n) is 6.74. The van der Waals surface area contributed by atoms with Gasteiger partial charge in [0.1, 0.15) is 0 Å². The van der Waals surface area contributed by atoms with E-state index in [1.807, 2.05) is 48.7 Å². The highest BCUT2D eigenvalue weighted by Gasteiger charge is 2.10. The largest absolute Gasteiger partial charge is 0.240 e. The lowest BCUT2D eigenvalue weighted by Crippen LogP contribution is -1.83. The predicted octanol–water partition coefficient (Wildman–Crippen LogP) is 5.68. The van der Waals surface area contributed by atoms with Crippen LogP contribution in [0.4, 0.5) is 5.69 Å². The average Bonchev–Trinajstić information content (AvgIpc) is 2.57. The second-order valence-electron chi connectivity index (χ2n) is 4.58. The first-order chi connectivity index (χ1) is 10.8. The molecule has 3 aromatic rings. The Morgan fingerprint density at radius 3 is 2.45 bits per heavy atom. The monoisotopic (exact) mass is 323 g/mol. The Morgan fingerprint density at radius 2 is 1.73 bits per heavy atom. The summed E-state index contributed by atoms with van der Waals surface area (Å²) >= 11 is 3.37. The van der Waals surface area contributed by atoms with Crippen LogP contribution in [-0.2, 0) is 4.79 Å². The molecule has 0 saturated carbocycles. The third-order valence-corrected chi connectivity index (χ3v) is 5.16. The first kappa shape index (κ1) is 14.9. The number of fused-ring (bicyclic) bond motifs is 1. The number of hydrogen-bond donors (Lipinski definition) is 0. The topological polar surface area (TPSA) is 29.4 Å². The summed E-state index contributed by atoms with van der Waals surface area (Å²) in [6.07, 6.45) is 3.68. The molecule has 0 fully saturated rings. The van der Waals surface area contributed by atoms with Gasteiger partial charge in [-0.3, -0.25) is 0 Å². The molecule has 0 radical (unpaired) electrons. The number of carbonyl (C=O) groups excluding carboxylic acids is 1. The van der Waals surface area contributed by atoms with Crippen molar-refractivity contribution < 1.29 is 4.79 Å². The van der Waals surface area contributed by atoms with Crippen LogP contribution >= 0.6 is 23.5 Å². The van der Waals surface area contributed by atoms with E-state index in [1.54, 1.807) is 29.6 Å². The van der Waals surface area contributed by atoms with Crippen molar-refractivity contribution >= 4 is 46.1 Å². The number of hydrogen-bond acceptors (Lipinski definition) is 4. The van der Waals surface area contributed by atoms with Gasteiger partial charge in [-0.1, -0.05) is 42.1 Å². The van der Waals surface area contributed by atoms with Gasteiger partial charge in [-0.05, 0) is 42.0 Å². The van der Waals surface area contributed by atoms with E-state index in [4.69, 9.17) is 0 Å². The lowest BCUT2D eigenvalue weighted by Gasteiger charge is -2.11. The second kappa shape index (κ2) is 6.84. The van der Waals surface area contributed by atoms with Crippen molar-refractivity contribution in [3.8, 4) is 0 Å². The van der Waals surface area contributed by atoms with Crippen molar-refractivity contribution in [2.75, 3.05) is 6.26 Å². The van der Waals surface area contributed by atoms with Gasteiger partial charge in [0, 0.05) is 20.1 Å². The highest BCUT2D eigenvalue weighted by molar-refractivity contribution is 7.99. The van der Waals surface area contributed by atoms with Crippen LogP contribution in [0, 0.1) is 0 Å². The standard InChI is InChI=1S/C18H13NOS2/c1-21-17-9-5-8-14-16(22-13-6-3-2-4-7-13)11-10-15(18(14)17)19-12-20/h2-11H,1H3. The molecule has 22 heavy (non-hydrogen) atoms. The van der Waals surface area contributed by atoms with Gasteiger partial charge >= 0.3 is 0 Å².